The van der Waals surface area contributed by atoms with Gasteiger partial charge in [-0.2, -0.15) is 0 Å². The standard InChI is InChI=1S/C10H17NO4/c1-8-10(13,3-6-14-8)7-11-4-2-5-15-9(11)12/h8,13H,2-7H2,1H3. The van der Waals surface area contributed by atoms with Crippen LogP contribution < -0.4 is 0 Å². The molecule has 2 rings (SSSR count). The first-order chi connectivity index (χ1) is 7.12. The molecule has 0 aromatic carbocycles. The van der Waals surface area contributed by atoms with E-state index < -0.39 is 5.60 Å². The van der Waals surface area contributed by atoms with Gasteiger partial charge >= 0.3 is 6.09 Å². The average Bonchev–Trinajstić information content (AvgIpc) is 2.51. The first kappa shape index (κ1) is 10.7. The monoisotopic (exact) mass is 215 g/mol. The molecule has 0 aromatic rings. The van der Waals surface area contributed by atoms with E-state index in [0.29, 0.717) is 32.7 Å². The molecule has 0 aliphatic carbocycles. The number of ether oxygens (including phenoxy) is 2. The van der Waals surface area contributed by atoms with Crippen LogP contribution in [0, 0.1) is 0 Å². The van der Waals surface area contributed by atoms with Crippen LogP contribution in [0.2, 0.25) is 0 Å². The number of nitrogens with zero attached hydrogens (tertiary/aromatic N) is 1. The van der Waals surface area contributed by atoms with Crippen molar-refractivity contribution in [2.45, 2.75) is 31.5 Å². The van der Waals surface area contributed by atoms with Gasteiger partial charge in [-0.15, -0.1) is 0 Å². The number of amides is 1. The summed E-state index contributed by atoms with van der Waals surface area (Å²) in [6.45, 7) is 3.85. The Balaban J connectivity index is 1.97. The van der Waals surface area contributed by atoms with Crippen molar-refractivity contribution in [2.24, 2.45) is 0 Å². The van der Waals surface area contributed by atoms with Gasteiger partial charge in [-0.1, -0.05) is 0 Å². The van der Waals surface area contributed by atoms with E-state index in [1.165, 1.54) is 0 Å². The van der Waals surface area contributed by atoms with Crippen molar-refractivity contribution >= 4 is 6.09 Å². The summed E-state index contributed by atoms with van der Waals surface area (Å²) in [5.74, 6) is 0. The molecule has 86 valence electrons. The normalized spacial score (nSPS) is 36.8. The van der Waals surface area contributed by atoms with Crippen LogP contribution in [0.4, 0.5) is 4.79 Å². The maximum absolute atomic E-state index is 11.4. The van der Waals surface area contributed by atoms with E-state index in [9.17, 15) is 9.90 Å². The van der Waals surface area contributed by atoms with Crippen molar-refractivity contribution in [1.82, 2.24) is 4.90 Å². The molecule has 2 aliphatic rings. The van der Waals surface area contributed by atoms with E-state index in [1.807, 2.05) is 6.92 Å². The minimum atomic E-state index is -0.906. The third-order valence-corrected chi connectivity index (χ3v) is 3.18. The lowest BCUT2D eigenvalue weighted by molar-refractivity contribution is -0.0525. The van der Waals surface area contributed by atoms with E-state index in [4.69, 9.17) is 9.47 Å². The summed E-state index contributed by atoms with van der Waals surface area (Å²) >= 11 is 0. The Bertz CT molecular complexity index is 258. The lowest BCUT2D eigenvalue weighted by atomic mass is 9.96. The number of hydrogen-bond donors (Lipinski definition) is 1. The summed E-state index contributed by atoms with van der Waals surface area (Å²) in [4.78, 5) is 12.9. The van der Waals surface area contributed by atoms with Crippen molar-refractivity contribution < 1.29 is 19.4 Å². The van der Waals surface area contributed by atoms with Gasteiger partial charge in [-0.25, -0.2) is 4.79 Å². The molecule has 1 amide bonds. The number of aliphatic hydroxyl groups is 1. The summed E-state index contributed by atoms with van der Waals surface area (Å²) in [5.41, 5.74) is -0.906. The second-order valence-electron chi connectivity index (χ2n) is 4.26. The fourth-order valence-electron chi connectivity index (χ4n) is 2.05. The zero-order chi connectivity index (χ0) is 10.9. The molecular formula is C10H17NO4. The van der Waals surface area contributed by atoms with Crippen LogP contribution in [0.5, 0.6) is 0 Å². The van der Waals surface area contributed by atoms with Gasteiger partial charge in [0.15, 0.2) is 0 Å². The predicted octanol–water partition coefficient (Wildman–Crippen LogP) is 0.369. The summed E-state index contributed by atoms with van der Waals surface area (Å²) in [6, 6.07) is 0. The molecule has 2 aliphatic heterocycles. The fraction of sp³-hybridized carbons (Fsp3) is 0.900. The van der Waals surface area contributed by atoms with Crippen LogP contribution in [-0.4, -0.2) is 54.1 Å². The molecule has 15 heavy (non-hydrogen) atoms. The summed E-state index contributed by atoms with van der Waals surface area (Å²) in [7, 11) is 0. The van der Waals surface area contributed by atoms with Crippen LogP contribution in [-0.2, 0) is 9.47 Å². The molecule has 0 spiro atoms. The maximum atomic E-state index is 11.4. The zero-order valence-corrected chi connectivity index (χ0v) is 8.94. The third kappa shape index (κ3) is 2.08. The molecule has 0 bridgehead atoms. The molecule has 0 saturated carbocycles. The molecule has 2 fully saturated rings. The number of β-amino-alcohol motifs (C(OH)–C–C–N with tert-alkyl or cyclic N) is 1. The van der Waals surface area contributed by atoms with Gasteiger partial charge in [0.2, 0.25) is 0 Å². The van der Waals surface area contributed by atoms with Gasteiger partial charge in [0.25, 0.3) is 0 Å². The van der Waals surface area contributed by atoms with E-state index in [-0.39, 0.29) is 12.2 Å². The van der Waals surface area contributed by atoms with Crippen molar-refractivity contribution in [1.29, 1.82) is 0 Å². The molecule has 5 heteroatoms. The second kappa shape index (κ2) is 3.98. The lowest BCUT2D eigenvalue weighted by Gasteiger charge is -2.34. The van der Waals surface area contributed by atoms with Crippen molar-refractivity contribution in [3.63, 3.8) is 0 Å². The Morgan fingerprint density at radius 3 is 3.00 bits per heavy atom. The molecule has 2 saturated heterocycles. The molecule has 0 radical (unpaired) electrons. The van der Waals surface area contributed by atoms with Crippen LogP contribution in [0.3, 0.4) is 0 Å². The average molecular weight is 215 g/mol. The molecule has 2 unspecified atom stereocenters. The highest BCUT2D eigenvalue weighted by Crippen LogP contribution is 2.27. The van der Waals surface area contributed by atoms with Crippen LogP contribution in [0.15, 0.2) is 0 Å². The molecule has 2 heterocycles. The summed E-state index contributed by atoms with van der Waals surface area (Å²) < 4.78 is 10.2. The quantitative estimate of drug-likeness (QED) is 0.723. The van der Waals surface area contributed by atoms with Crippen molar-refractivity contribution in [3.8, 4) is 0 Å². The number of rotatable bonds is 2. The number of carbonyl (C=O) groups excluding carboxylic acids is 1. The minimum Gasteiger partial charge on any atom is -0.449 e. The zero-order valence-electron chi connectivity index (χ0n) is 8.94. The Morgan fingerprint density at radius 1 is 1.60 bits per heavy atom. The van der Waals surface area contributed by atoms with Gasteiger partial charge in [0.05, 0.1) is 19.3 Å². The Labute approximate surface area is 89.0 Å². The highest BCUT2D eigenvalue weighted by molar-refractivity contribution is 5.68. The second-order valence-corrected chi connectivity index (χ2v) is 4.26. The first-order valence-electron chi connectivity index (χ1n) is 5.37. The molecular weight excluding hydrogens is 198 g/mol. The molecule has 2 atom stereocenters. The van der Waals surface area contributed by atoms with Crippen LogP contribution in [0.25, 0.3) is 0 Å². The number of cyclic esters (lactones) is 1. The number of carbonyl (C=O) groups is 1. The third-order valence-electron chi connectivity index (χ3n) is 3.18. The van der Waals surface area contributed by atoms with E-state index >= 15 is 0 Å². The van der Waals surface area contributed by atoms with E-state index in [2.05, 4.69) is 0 Å². The molecule has 0 aromatic heterocycles. The van der Waals surface area contributed by atoms with Gasteiger partial charge < -0.3 is 19.5 Å². The summed E-state index contributed by atoms with van der Waals surface area (Å²) in [6.07, 6.45) is 0.871. The smallest absolute Gasteiger partial charge is 0.409 e. The fourth-order valence-corrected chi connectivity index (χ4v) is 2.05. The van der Waals surface area contributed by atoms with Gasteiger partial charge in [-0.05, 0) is 13.3 Å². The number of hydrogen-bond acceptors (Lipinski definition) is 4. The SMILES string of the molecule is CC1OCCC1(O)CN1CCCOC1=O. The van der Waals surface area contributed by atoms with Crippen molar-refractivity contribution in [3.05, 3.63) is 0 Å². The predicted molar refractivity (Wildman–Crippen MR) is 52.5 cm³/mol. The van der Waals surface area contributed by atoms with E-state index in [1.54, 1.807) is 4.90 Å². The maximum Gasteiger partial charge on any atom is 0.409 e. The van der Waals surface area contributed by atoms with E-state index in [0.717, 1.165) is 6.42 Å². The Hall–Kier alpha value is -0.810. The van der Waals surface area contributed by atoms with Crippen LogP contribution >= 0.6 is 0 Å². The van der Waals surface area contributed by atoms with Crippen LogP contribution in [0.1, 0.15) is 19.8 Å². The van der Waals surface area contributed by atoms with Gasteiger partial charge in [0.1, 0.15) is 5.60 Å². The minimum absolute atomic E-state index is 0.216. The largest absolute Gasteiger partial charge is 0.449 e. The van der Waals surface area contributed by atoms with Crippen molar-refractivity contribution in [2.75, 3.05) is 26.3 Å². The van der Waals surface area contributed by atoms with Gasteiger partial charge in [0, 0.05) is 19.6 Å². The summed E-state index contributed by atoms with van der Waals surface area (Å²) in [5, 5.41) is 10.3. The topological polar surface area (TPSA) is 59.0 Å². The Morgan fingerprint density at radius 2 is 2.40 bits per heavy atom. The Kier molecular flexibility index (Phi) is 2.84. The highest BCUT2D eigenvalue weighted by Gasteiger charge is 2.42. The highest BCUT2D eigenvalue weighted by atomic mass is 16.6. The lowest BCUT2D eigenvalue weighted by Crippen LogP contribution is -2.51. The molecule has 1 N–H and O–H groups in total. The molecule has 5 nitrogen and oxygen atoms in total. The van der Waals surface area contributed by atoms with Gasteiger partial charge in [-0.3, -0.25) is 0 Å². The first-order valence-corrected chi connectivity index (χ1v) is 5.37.